The Morgan fingerprint density at radius 3 is 2.24 bits per heavy atom. The van der Waals surface area contributed by atoms with Crippen molar-refractivity contribution in [2.75, 3.05) is 0 Å². The van der Waals surface area contributed by atoms with Gasteiger partial charge in [0, 0.05) is 10.9 Å². The van der Waals surface area contributed by atoms with Crippen LogP contribution in [-0.2, 0) is 19.9 Å². The van der Waals surface area contributed by atoms with Gasteiger partial charge < -0.3 is 4.74 Å². The standard InChI is InChI=1S/C34H37N2O/c1-20-23-11-9-10-12-25(23)26(18-34(5,6)7)32-28(20)31-29-27(37-32)16-22-15-21(17-33(2,3)4)13-14-24(22)30(29)35-19-36(31)8/h9-16,19H,17-18H2,1-8H3/q+1. The molecule has 1 aliphatic heterocycles. The van der Waals surface area contributed by atoms with E-state index in [0.717, 1.165) is 35.2 Å². The first-order valence-corrected chi connectivity index (χ1v) is 13.4. The molecule has 0 bridgehead atoms. The summed E-state index contributed by atoms with van der Waals surface area (Å²) in [6.07, 6.45) is 3.94. The van der Waals surface area contributed by atoms with Gasteiger partial charge in [-0.15, -0.1) is 0 Å². The van der Waals surface area contributed by atoms with Crippen molar-refractivity contribution in [3.63, 3.8) is 0 Å². The molecule has 0 unspecified atom stereocenters. The van der Waals surface area contributed by atoms with Crippen LogP contribution < -0.4 is 9.30 Å². The second kappa shape index (κ2) is 8.02. The predicted molar refractivity (Wildman–Crippen MR) is 154 cm³/mol. The Morgan fingerprint density at radius 2 is 1.54 bits per heavy atom. The number of aromatic nitrogens is 2. The number of aryl methyl sites for hydroxylation is 2. The SMILES string of the molecule is Cc1c2c(c(CC(C)(C)C)c3ccccc13)Oc1cc3cc(CC(C)(C)C)ccc3c3nc[n+](C)c-2c13. The van der Waals surface area contributed by atoms with E-state index in [9.17, 15) is 0 Å². The molecule has 0 atom stereocenters. The lowest BCUT2D eigenvalue weighted by Crippen LogP contribution is -2.33. The second-order valence-corrected chi connectivity index (χ2v) is 13.3. The van der Waals surface area contributed by atoms with Crippen LogP contribution in [0, 0.1) is 17.8 Å². The van der Waals surface area contributed by atoms with Crippen molar-refractivity contribution in [2.24, 2.45) is 17.9 Å². The van der Waals surface area contributed by atoms with Crippen molar-refractivity contribution in [1.82, 2.24) is 4.98 Å². The van der Waals surface area contributed by atoms with Crippen LogP contribution in [0.3, 0.4) is 0 Å². The molecule has 1 aliphatic rings. The average Bonchev–Trinajstić information content (AvgIpc) is 2.81. The lowest BCUT2D eigenvalue weighted by atomic mass is 9.81. The van der Waals surface area contributed by atoms with Crippen LogP contribution in [0.5, 0.6) is 11.5 Å². The zero-order valence-electron chi connectivity index (χ0n) is 23.4. The highest BCUT2D eigenvalue weighted by Crippen LogP contribution is 2.52. The number of hydrogen-bond acceptors (Lipinski definition) is 2. The van der Waals surface area contributed by atoms with Gasteiger partial charge in [0.25, 0.3) is 6.33 Å². The highest BCUT2D eigenvalue weighted by atomic mass is 16.5. The summed E-state index contributed by atoms with van der Waals surface area (Å²) in [5.41, 5.74) is 7.66. The van der Waals surface area contributed by atoms with Crippen molar-refractivity contribution in [3.8, 4) is 22.8 Å². The quantitative estimate of drug-likeness (QED) is 0.180. The summed E-state index contributed by atoms with van der Waals surface area (Å²) >= 11 is 0. The topological polar surface area (TPSA) is 26.0 Å². The maximum atomic E-state index is 6.97. The monoisotopic (exact) mass is 489 g/mol. The molecule has 37 heavy (non-hydrogen) atoms. The fourth-order valence-electron chi connectivity index (χ4n) is 6.12. The molecule has 4 aromatic carbocycles. The first-order valence-electron chi connectivity index (χ1n) is 13.4. The lowest BCUT2D eigenvalue weighted by Gasteiger charge is -2.28. The number of nitrogens with zero attached hydrogens (tertiary/aromatic N) is 2. The molecule has 3 heteroatoms. The van der Waals surface area contributed by atoms with Gasteiger partial charge in [-0.25, -0.2) is 4.57 Å². The highest BCUT2D eigenvalue weighted by Gasteiger charge is 2.34. The Hall–Kier alpha value is -3.46. The minimum atomic E-state index is 0.121. The molecule has 0 saturated carbocycles. The van der Waals surface area contributed by atoms with Gasteiger partial charge in [0.1, 0.15) is 16.9 Å². The van der Waals surface area contributed by atoms with Gasteiger partial charge in [-0.3, -0.25) is 0 Å². The smallest absolute Gasteiger partial charge is 0.287 e. The van der Waals surface area contributed by atoms with E-state index in [1.54, 1.807) is 0 Å². The van der Waals surface area contributed by atoms with Gasteiger partial charge in [-0.1, -0.05) is 77.9 Å². The van der Waals surface area contributed by atoms with Gasteiger partial charge in [-0.2, -0.15) is 0 Å². The largest absolute Gasteiger partial charge is 0.455 e. The van der Waals surface area contributed by atoms with Crippen LogP contribution in [0.25, 0.3) is 43.7 Å². The van der Waals surface area contributed by atoms with Gasteiger partial charge in [0.05, 0.1) is 12.6 Å². The zero-order valence-corrected chi connectivity index (χ0v) is 23.4. The number of ether oxygens (including phenoxy) is 1. The number of fused-ring (bicyclic) bond motifs is 5. The number of hydrogen-bond donors (Lipinski definition) is 0. The third kappa shape index (κ3) is 3.96. The summed E-state index contributed by atoms with van der Waals surface area (Å²) in [7, 11) is 2.11. The first-order chi connectivity index (χ1) is 17.4. The molecule has 2 heterocycles. The molecule has 5 aromatic rings. The molecule has 0 radical (unpaired) electrons. The summed E-state index contributed by atoms with van der Waals surface area (Å²) in [4.78, 5) is 4.95. The van der Waals surface area contributed by atoms with Crippen molar-refractivity contribution >= 4 is 32.4 Å². The van der Waals surface area contributed by atoms with E-state index in [2.05, 4.69) is 109 Å². The molecule has 0 spiro atoms. The summed E-state index contributed by atoms with van der Waals surface area (Å²) in [5, 5.41) is 6.06. The molecule has 0 fully saturated rings. The molecule has 1 aromatic heterocycles. The van der Waals surface area contributed by atoms with Crippen LogP contribution in [0.15, 0.2) is 54.9 Å². The van der Waals surface area contributed by atoms with Crippen molar-refractivity contribution < 1.29 is 9.30 Å². The van der Waals surface area contributed by atoms with E-state index in [1.165, 1.54) is 49.5 Å². The fraction of sp³-hybridized carbons (Fsp3) is 0.353. The van der Waals surface area contributed by atoms with E-state index < -0.39 is 0 Å². The van der Waals surface area contributed by atoms with Gasteiger partial charge in [0.15, 0.2) is 11.2 Å². The van der Waals surface area contributed by atoms with Crippen LogP contribution in [0.1, 0.15) is 58.2 Å². The Balaban J connectivity index is 1.71. The van der Waals surface area contributed by atoms with E-state index in [1.807, 2.05) is 6.33 Å². The summed E-state index contributed by atoms with van der Waals surface area (Å²) < 4.78 is 9.14. The molecule has 0 aliphatic carbocycles. The second-order valence-electron chi connectivity index (χ2n) is 13.3. The summed E-state index contributed by atoms with van der Waals surface area (Å²) in [6.45, 7) is 16.0. The number of benzene rings is 4. The maximum absolute atomic E-state index is 6.97. The van der Waals surface area contributed by atoms with Gasteiger partial charge >= 0.3 is 0 Å². The van der Waals surface area contributed by atoms with Crippen molar-refractivity contribution in [3.05, 3.63) is 71.5 Å². The van der Waals surface area contributed by atoms with Gasteiger partial charge in [0.2, 0.25) is 0 Å². The Kier molecular flexibility index (Phi) is 5.18. The first kappa shape index (κ1) is 23.9. The van der Waals surface area contributed by atoms with E-state index in [4.69, 9.17) is 9.72 Å². The number of rotatable bonds is 2. The van der Waals surface area contributed by atoms with Crippen LogP contribution in [0.2, 0.25) is 0 Å². The maximum Gasteiger partial charge on any atom is 0.287 e. The molecule has 0 amide bonds. The predicted octanol–water partition coefficient (Wildman–Crippen LogP) is 8.62. The Bertz CT molecular complexity index is 1730. The van der Waals surface area contributed by atoms with Crippen molar-refractivity contribution in [1.29, 1.82) is 0 Å². The average molecular weight is 490 g/mol. The fourth-order valence-corrected chi connectivity index (χ4v) is 6.12. The zero-order chi connectivity index (χ0) is 26.3. The molecular formula is C34H37N2O+. The Morgan fingerprint density at radius 1 is 0.838 bits per heavy atom. The molecule has 3 nitrogen and oxygen atoms in total. The molecule has 0 saturated heterocycles. The van der Waals surface area contributed by atoms with E-state index >= 15 is 0 Å². The lowest BCUT2D eigenvalue weighted by molar-refractivity contribution is -0.662. The molecule has 0 N–H and O–H groups in total. The van der Waals surface area contributed by atoms with Crippen molar-refractivity contribution in [2.45, 2.75) is 61.3 Å². The van der Waals surface area contributed by atoms with Crippen LogP contribution in [0.4, 0.5) is 0 Å². The van der Waals surface area contributed by atoms with Crippen LogP contribution in [-0.4, -0.2) is 4.98 Å². The third-order valence-corrected chi connectivity index (χ3v) is 7.51. The summed E-state index contributed by atoms with van der Waals surface area (Å²) in [5.74, 6) is 1.92. The third-order valence-electron chi connectivity index (χ3n) is 7.51. The summed E-state index contributed by atoms with van der Waals surface area (Å²) in [6, 6.07) is 17.9. The Labute approximate surface area is 220 Å². The molecule has 6 rings (SSSR count). The van der Waals surface area contributed by atoms with E-state index in [-0.39, 0.29) is 10.8 Å². The normalized spacial score (nSPS) is 13.3. The van der Waals surface area contributed by atoms with Crippen LogP contribution >= 0.6 is 0 Å². The molecule has 188 valence electrons. The van der Waals surface area contributed by atoms with Gasteiger partial charge in [-0.05, 0) is 75.0 Å². The minimum Gasteiger partial charge on any atom is -0.455 e. The van der Waals surface area contributed by atoms with E-state index in [0.29, 0.717) is 0 Å². The highest BCUT2D eigenvalue weighted by molar-refractivity contribution is 6.14. The minimum absolute atomic E-state index is 0.121. The molecular weight excluding hydrogens is 452 g/mol.